The molecule has 2 aliphatic rings. The minimum absolute atomic E-state index is 0.0111. The van der Waals surface area contributed by atoms with Gasteiger partial charge >= 0.3 is 0 Å². The molecule has 176 valence electrons. The molecule has 2 aromatic carbocycles. The van der Waals surface area contributed by atoms with Crippen molar-refractivity contribution in [3.8, 4) is 0 Å². The number of hydrogen-bond donors (Lipinski definition) is 0. The van der Waals surface area contributed by atoms with Gasteiger partial charge in [0.25, 0.3) is 0 Å². The zero-order valence-electron chi connectivity index (χ0n) is 19.0. The van der Waals surface area contributed by atoms with Crippen LogP contribution < -0.4 is 9.80 Å². The van der Waals surface area contributed by atoms with E-state index >= 15 is 0 Å². The Kier molecular flexibility index (Phi) is 7.21. The Balaban J connectivity index is 1.23. The van der Waals surface area contributed by atoms with Gasteiger partial charge in [-0.3, -0.25) is 4.79 Å². The van der Waals surface area contributed by atoms with Crippen LogP contribution in [0.1, 0.15) is 12.8 Å². The van der Waals surface area contributed by atoms with Crippen LogP contribution in [0, 0.1) is 5.92 Å². The third-order valence-electron chi connectivity index (χ3n) is 6.44. The first-order valence-corrected chi connectivity index (χ1v) is 12.9. The lowest BCUT2D eigenvalue weighted by atomic mass is 9.96. The molecule has 3 heterocycles. The van der Waals surface area contributed by atoms with Crippen LogP contribution in [0.2, 0.25) is 5.02 Å². The van der Waals surface area contributed by atoms with E-state index in [1.807, 2.05) is 41.3 Å². The molecule has 0 spiro atoms. The average molecular weight is 494 g/mol. The lowest BCUT2D eigenvalue weighted by molar-refractivity contribution is -0.136. The number of halogens is 1. The van der Waals surface area contributed by atoms with Gasteiger partial charge in [0.05, 0.1) is 5.92 Å². The van der Waals surface area contributed by atoms with Gasteiger partial charge in [0.1, 0.15) is 5.03 Å². The Morgan fingerprint density at radius 1 is 0.912 bits per heavy atom. The van der Waals surface area contributed by atoms with Gasteiger partial charge in [-0.05, 0) is 43.2 Å². The average Bonchev–Trinajstić information content (AvgIpc) is 2.89. The van der Waals surface area contributed by atoms with Crippen molar-refractivity contribution in [3.63, 3.8) is 0 Å². The van der Waals surface area contributed by atoms with Crippen molar-refractivity contribution in [3.05, 3.63) is 72.0 Å². The number of hydrogen-bond acceptors (Lipinski definition) is 6. The largest absolute Gasteiger partial charge is 0.368 e. The predicted molar refractivity (Wildman–Crippen MR) is 138 cm³/mol. The first kappa shape index (κ1) is 23.0. The van der Waals surface area contributed by atoms with Crippen LogP contribution >= 0.6 is 23.4 Å². The van der Waals surface area contributed by atoms with E-state index in [4.69, 9.17) is 11.6 Å². The van der Waals surface area contributed by atoms with Crippen molar-refractivity contribution in [2.45, 2.75) is 22.8 Å². The molecule has 6 nitrogen and oxygen atoms in total. The molecule has 1 aromatic heterocycles. The summed E-state index contributed by atoms with van der Waals surface area (Å²) in [5.41, 5.74) is 1.12. The summed E-state index contributed by atoms with van der Waals surface area (Å²) in [4.78, 5) is 30.4. The predicted octanol–water partition coefficient (Wildman–Crippen LogP) is 4.85. The van der Waals surface area contributed by atoms with Gasteiger partial charge < -0.3 is 14.7 Å². The van der Waals surface area contributed by atoms with E-state index in [0.29, 0.717) is 6.54 Å². The van der Waals surface area contributed by atoms with Crippen molar-refractivity contribution in [2.75, 3.05) is 49.1 Å². The molecule has 8 heteroatoms. The summed E-state index contributed by atoms with van der Waals surface area (Å²) in [6, 6.07) is 18.2. The minimum atomic E-state index is -0.0111. The Labute approximate surface area is 209 Å². The van der Waals surface area contributed by atoms with Crippen molar-refractivity contribution >= 4 is 40.8 Å². The fourth-order valence-corrected chi connectivity index (χ4v) is 5.78. The van der Waals surface area contributed by atoms with Crippen molar-refractivity contribution in [1.29, 1.82) is 0 Å². The number of carbonyl (C=O) groups is 1. The number of piperazine rings is 1. The molecule has 2 fully saturated rings. The Morgan fingerprint density at radius 3 is 2.50 bits per heavy atom. The Bertz CT molecular complexity index is 1120. The number of rotatable bonds is 5. The third-order valence-corrected chi connectivity index (χ3v) is 7.66. The van der Waals surface area contributed by atoms with Crippen LogP contribution in [0.25, 0.3) is 0 Å². The zero-order chi connectivity index (χ0) is 23.3. The number of aromatic nitrogens is 2. The molecule has 0 aliphatic carbocycles. The van der Waals surface area contributed by atoms with Gasteiger partial charge in [0.2, 0.25) is 5.91 Å². The summed E-state index contributed by atoms with van der Waals surface area (Å²) in [6.07, 6.45) is 5.38. The van der Waals surface area contributed by atoms with E-state index in [9.17, 15) is 4.79 Å². The highest BCUT2D eigenvalue weighted by atomic mass is 35.5. The van der Waals surface area contributed by atoms with Crippen LogP contribution in [-0.4, -0.2) is 60.0 Å². The molecule has 0 saturated carbocycles. The fraction of sp³-hybridized carbons (Fsp3) is 0.346. The van der Waals surface area contributed by atoms with Gasteiger partial charge in [-0.1, -0.05) is 47.6 Å². The minimum Gasteiger partial charge on any atom is -0.368 e. The van der Waals surface area contributed by atoms with Gasteiger partial charge in [0, 0.05) is 67.3 Å². The van der Waals surface area contributed by atoms with Gasteiger partial charge in [-0.2, -0.15) is 0 Å². The highest BCUT2D eigenvalue weighted by Gasteiger charge is 2.32. The van der Waals surface area contributed by atoms with Gasteiger partial charge in [-0.25, -0.2) is 9.97 Å². The molecule has 0 N–H and O–H groups in total. The molecule has 0 unspecified atom stereocenters. The molecule has 0 bridgehead atoms. The quantitative estimate of drug-likeness (QED) is 0.506. The van der Waals surface area contributed by atoms with Crippen molar-refractivity contribution < 1.29 is 4.79 Å². The van der Waals surface area contributed by atoms with E-state index in [-0.39, 0.29) is 11.8 Å². The first-order valence-electron chi connectivity index (χ1n) is 11.8. The van der Waals surface area contributed by atoms with Gasteiger partial charge in [0.15, 0.2) is 5.82 Å². The third kappa shape index (κ3) is 5.31. The number of carbonyl (C=O) groups excluding carboxylic acids is 1. The standard InChI is InChI=1S/C26H28ClN5OS/c27-21-7-4-8-22(18-21)30-14-16-31(17-15-30)26(33)20-6-5-13-32(19-20)24-25(29-12-11-28-24)34-23-9-2-1-3-10-23/h1-4,7-12,18,20H,5-6,13-17,19H2/t20-/m1/s1. The molecule has 2 aliphatic heterocycles. The van der Waals surface area contributed by atoms with Crippen molar-refractivity contribution in [1.82, 2.24) is 14.9 Å². The zero-order valence-corrected chi connectivity index (χ0v) is 20.6. The molecular weight excluding hydrogens is 466 g/mol. The number of nitrogens with zero attached hydrogens (tertiary/aromatic N) is 5. The maximum Gasteiger partial charge on any atom is 0.227 e. The molecule has 2 saturated heterocycles. The van der Waals surface area contributed by atoms with E-state index in [1.165, 1.54) is 0 Å². The molecular formula is C26H28ClN5OS. The lowest BCUT2D eigenvalue weighted by Gasteiger charge is -2.40. The molecule has 1 atom stereocenters. The number of anilines is 2. The summed E-state index contributed by atoms with van der Waals surface area (Å²) in [5, 5.41) is 1.63. The van der Waals surface area contributed by atoms with E-state index in [1.54, 1.807) is 24.2 Å². The monoisotopic (exact) mass is 493 g/mol. The summed E-state index contributed by atoms with van der Waals surface area (Å²) >= 11 is 7.78. The summed E-state index contributed by atoms with van der Waals surface area (Å²) < 4.78 is 0. The molecule has 3 aromatic rings. The number of benzene rings is 2. The topological polar surface area (TPSA) is 52.6 Å². The summed E-state index contributed by atoms with van der Waals surface area (Å²) in [6.45, 7) is 4.71. The molecule has 1 amide bonds. The fourth-order valence-electron chi connectivity index (χ4n) is 4.69. The van der Waals surface area contributed by atoms with E-state index < -0.39 is 0 Å². The molecule has 0 radical (unpaired) electrons. The molecule has 5 rings (SSSR count). The van der Waals surface area contributed by atoms with Crippen LogP contribution in [-0.2, 0) is 4.79 Å². The lowest BCUT2D eigenvalue weighted by Crippen LogP contribution is -2.52. The maximum absolute atomic E-state index is 13.4. The second-order valence-electron chi connectivity index (χ2n) is 8.68. The number of piperidine rings is 1. The first-order chi connectivity index (χ1) is 16.7. The highest BCUT2D eigenvalue weighted by molar-refractivity contribution is 7.99. The SMILES string of the molecule is O=C([C@@H]1CCCN(c2nccnc2Sc2ccccc2)C1)N1CCN(c2cccc(Cl)c2)CC1. The second-order valence-corrected chi connectivity index (χ2v) is 10.2. The number of amides is 1. The van der Waals surface area contributed by atoms with Crippen LogP contribution in [0.15, 0.2) is 76.9 Å². The van der Waals surface area contributed by atoms with E-state index in [0.717, 1.165) is 72.0 Å². The highest BCUT2D eigenvalue weighted by Crippen LogP contribution is 2.34. The normalized spacial score (nSPS) is 18.7. The second kappa shape index (κ2) is 10.7. The van der Waals surface area contributed by atoms with Crippen LogP contribution in [0.3, 0.4) is 0 Å². The van der Waals surface area contributed by atoms with E-state index in [2.05, 4.69) is 38.0 Å². The van der Waals surface area contributed by atoms with Gasteiger partial charge in [-0.15, -0.1) is 0 Å². The maximum atomic E-state index is 13.4. The summed E-state index contributed by atoms with van der Waals surface area (Å²) in [7, 11) is 0. The smallest absolute Gasteiger partial charge is 0.227 e. The van der Waals surface area contributed by atoms with Crippen LogP contribution in [0.5, 0.6) is 0 Å². The Hall–Kier alpha value is -2.77. The van der Waals surface area contributed by atoms with Crippen molar-refractivity contribution in [2.24, 2.45) is 5.92 Å². The van der Waals surface area contributed by atoms with Crippen LogP contribution in [0.4, 0.5) is 11.5 Å². The molecule has 34 heavy (non-hydrogen) atoms. The Morgan fingerprint density at radius 2 is 1.71 bits per heavy atom. The summed E-state index contributed by atoms with van der Waals surface area (Å²) in [5.74, 6) is 1.12.